The lowest BCUT2D eigenvalue weighted by molar-refractivity contribution is 0.0534. The molecule has 0 fully saturated rings. The summed E-state index contributed by atoms with van der Waals surface area (Å²) in [5, 5.41) is 2.47. The predicted octanol–water partition coefficient (Wildman–Crippen LogP) is 3.08. The number of anilines is 1. The van der Waals surface area contributed by atoms with Crippen LogP contribution in [0.4, 0.5) is 19.3 Å². The van der Waals surface area contributed by atoms with Crippen LogP contribution in [-0.2, 0) is 4.74 Å². The third kappa shape index (κ3) is 5.26. The Morgan fingerprint density at radius 1 is 1.40 bits per heavy atom. The first-order valence-corrected chi connectivity index (χ1v) is 6.07. The van der Waals surface area contributed by atoms with Gasteiger partial charge >= 0.3 is 6.09 Å². The zero-order valence-electron chi connectivity index (χ0n) is 11.7. The molecule has 0 heterocycles. The fourth-order valence-electron chi connectivity index (χ4n) is 1.41. The summed E-state index contributed by atoms with van der Waals surface area (Å²) >= 11 is 0. The first-order chi connectivity index (χ1) is 9.19. The molecular weight excluding hydrogens is 266 g/mol. The van der Waals surface area contributed by atoms with Crippen molar-refractivity contribution in [1.29, 1.82) is 0 Å². The third-order valence-corrected chi connectivity index (χ3v) is 2.17. The first kappa shape index (κ1) is 15.9. The number of hydrogen-bond donors (Lipinski definition) is 2. The van der Waals surface area contributed by atoms with E-state index in [9.17, 15) is 13.6 Å². The van der Waals surface area contributed by atoms with Gasteiger partial charge in [0.2, 0.25) is 0 Å². The Kier molecular flexibility index (Phi) is 5.07. The van der Waals surface area contributed by atoms with Gasteiger partial charge < -0.3 is 15.8 Å². The summed E-state index contributed by atoms with van der Waals surface area (Å²) in [5.41, 5.74) is 5.00. The van der Waals surface area contributed by atoms with Crippen molar-refractivity contribution >= 4 is 17.9 Å². The van der Waals surface area contributed by atoms with Crippen LogP contribution in [0.2, 0.25) is 0 Å². The van der Waals surface area contributed by atoms with Gasteiger partial charge in [-0.1, -0.05) is 12.2 Å². The molecule has 0 aromatic heterocycles. The molecule has 3 N–H and O–H groups in total. The molecule has 0 aliphatic carbocycles. The molecule has 20 heavy (non-hydrogen) atoms. The van der Waals surface area contributed by atoms with Crippen LogP contribution in [0.5, 0.6) is 0 Å². The summed E-state index contributed by atoms with van der Waals surface area (Å²) in [5.74, 6) is -1.49. The number of alkyl carbamates (subject to hydrolysis) is 1. The summed E-state index contributed by atoms with van der Waals surface area (Å²) in [7, 11) is 0. The smallest absolute Gasteiger partial charge is 0.407 e. The Bertz CT molecular complexity index is 499. The number of rotatable bonds is 3. The van der Waals surface area contributed by atoms with Crippen molar-refractivity contribution in [3.8, 4) is 0 Å². The summed E-state index contributed by atoms with van der Waals surface area (Å²) in [6.45, 7) is 5.39. The van der Waals surface area contributed by atoms with Gasteiger partial charge in [0.15, 0.2) is 0 Å². The van der Waals surface area contributed by atoms with Crippen molar-refractivity contribution in [1.82, 2.24) is 5.32 Å². The van der Waals surface area contributed by atoms with Crippen molar-refractivity contribution in [3.63, 3.8) is 0 Å². The van der Waals surface area contributed by atoms with E-state index in [1.54, 1.807) is 20.8 Å². The average molecular weight is 284 g/mol. The molecule has 1 amide bonds. The van der Waals surface area contributed by atoms with Gasteiger partial charge in [-0.25, -0.2) is 13.6 Å². The van der Waals surface area contributed by atoms with Gasteiger partial charge in [-0.05, 0) is 26.8 Å². The van der Waals surface area contributed by atoms with E-state index < -0.39 is 23.3 Å². The highest BCUT2D eigenvalue weighted by Gasteiger charge is 2.15. The van der Waals surface area contributed by atoms with E-state index in [1.165, 1.54) is 12.2 Å². The lowest BCUT2D eigenvalue weighted by Crippen LogP contribution is -2.32. The van der Waals surface area contributed by atoms with E-state index in [-0.39, 0.29) is 17.8 Å². The lowest BCUT2D eigenvalue weighted by atomic mass is 10.1. The van der Waals surface area contributed by atoms with Gasteiger partial charge in [0.1, 0.15) is 17.2 Å². The Balaban J connectivity index is 2.56. The standard InChI is InChI=1S/C14H18F2N2O2/c1-14(2,3)20-13(19)18-6-4-5-10-11(16)7-9(15)8-12(10)17/h4-5,7-8H,6,17H2,1-3H3,(H,18,19). The number of amides is 1. The van der Waals surface area contributed by atoms with E-state index in [0.717, 1.165) is 12.1 Å². The summed E-state index contributed by atoms with van der Waals surface area (Å²) in [6.07, 6.45) is 2.30. The quantitative estimate of drug-likeness (QED) is 0.838. The second-order valence-electron chi connectivity index (χ2n) is 5.18. The highest BCUT2D eigenvalue weighted by molar-refractivity contribution is 5.69. The number of nitrogen functional groups attached to an aromatic ring is 1. The monoisotopic (exact) mass is 284 g/mol. The number of halogens is 2. The fourth-order valence-corrected chi connectivity index (χ4v) is 1.41. The minimum atomic E-state index is -0.754. The number of ether oxygens (including phenoxy) is 1. The van der Waals surface area contributed by atoms with E-state index in [2.05, 4.69) is 5.32 Å². The Morgan fingerprint density at radius 2 is 2.05 bits per heavy atom. The molecule has 1 rings (SSSR count). The molecule has 0 aliphatic rings. The Labute approximate surface area is 116 Å². The van der Waals surface area contributed by atoms with Gasteiger partial charge in [0.25, 0.3) is 0 Å². The van der Waals surface area contributed by atoms with Crippen molar-refractivity contribution in [2.24, 2.45) is 0 Å². The maximum Gasteiger partial charge on any atom is 0.407 e. The minimum Gasteiger partial charge on any atom is -0.444 e. The second kappa shape index (κ2) is 6.36. The molecular formula is C14H18F2N2O2. The van der Waals surface area contributed by atoms with Crippen LogP contribution in [0, 0.1) is 11.6 Å². The van der Waals surface area contributed by atoms with Crippen LogP contribution in [-0.4, -0.2) is 18.2 Å². The highest BCUT2D eigenvalue weighted by Crippen LogP contribution is 2.19. The van der Waals surface area contributed by atoms with Crippen molar-refractivity contribution < 1.29 is 18.3 Å². The molecule has 1 aromatic carbocycles. The largest absolute Gasteiger partial charge is 0.444 e. The third-order valence-electron chi connectivity index (χ3n) is 2.17. The zero-order valence-corrected chi connectivity index (χ0v) is 11.7. The van der Waals surface area contributed by atoms with Gasteiger partial charge in [-0.15, -0.1) is 0 Å². The number of carbonyl (C=O) groups is 1. The van der Waals surface area contributed by atoms with Crippen LogP contribution in [0.25, 0.3) is 6.08 Å². The van der Waals surface area contributed by atoms with Gasteiger partial charge in [-0.2, -0.15) is 0 Å². The zero-order chi connectivity index (χ0) is 15.3. The molecule has 110 valence electrons. The average Bonchev–Trinajstić information content (AvgIpc) is 2.23. The van der Waals surface area contributed by atoms with E-state index in [4.69, 9.17) is 10.5 Å². The number of nitrogens with two attached hydrogens (primary N) is 1. The van der Waals surface area contributed by atoms with Crippen LogP contribution < -0.4 is 11.1 Å². The molecule has 0 bridgehead atoms. The molecule has 0 saturated heterocycles. The van der Waals surface area contributed by atoms with Crippen LogP contribution >= 0.6 is 0 Å². The lowest BCUT2D eigenvalue weighted by Gasteiger charge is -2.19. The maximum absolute atomic E-state index is 13.4. The number of nitrogens with one attached hydrogen (secondary N) is 1. The molecule has 0 unspecified atom stereocenters. The van der Waals surface area contributed by atoms with Gasteiger partial charge in [-0.3, -0.25) is 0 Å². The summed E-state index contributed by atoms with van der Waals surface area (Å²) in [6, 6.07) is 1.78. The molecule has 0 saturated carbocycles. The highest BCUT2D eigenvalue weighted by atomic mass is 19.1. The molecule has 0 radical (unpaired) electrons. The maximum atomic E-state index is 13.4. The SMILES string of the molecule is CC(C)(C)OC(=O)NCC=Cc1c(N)cc(F)cc1F. The summed E-state index contributed by atoms with van der Waals surface area (Å²) in [4.78, 5) is 11.3. The number of carbonyl (C=O) groups excluding carboxylic acids is 1. The molecule has 4 nitrogen and oxygen atoms in total. The molecule has 6 heteroatoms. The minimum absolute atomic E-state index is 0.00369. The molecule has 0 atom stereocenters. The first-order valence-electron chi connectivity index (χ1n) is 6.07. The molecule has 1 aromatic rings. The van der Waals surface area contributed by atoms with E-state index >= 15 is 0 Å². The van der Waals surface area contributed by atoms with Crippen LogP contribution in [0.15, 0.2) is 18.2 Å². The van der Waals surface area contributed by atoms with Gasteiger partial charge in [0, 0.05) is 23.9 Å². The molecule has 0 aliphatic heterocycles. The van der Waals surface area contributed by atoms with Gasteiger partial charge in [0.05, 0.1) is 0 Å². The number of benzene rings is 1. The Morgan fingerprint density at radius 3 is 2.60 bits per heavy atom. The predicted molar refractivity (Wildman–Crippen MR) is 74.0 cm³/mol. The topological polar surface area (TPSA) is 64.3 Å². The van der Waals surface area contributed by atoms with Crippen molar-refractivity contribution in [2.75, 3.05) is 12.3 Å². The summed E-state index contributed by atoms with van der Waals surface area (Å²) < 4.78 is 31.3. The molecule has 0 spiro atoms. The van der Waals surface area contributed by atoms with Crippen molar-refractivity contribution in [3.05, 3.63) is 35.4 Å². The van der Waals surface area contributed by atoms with E-state index in [1.807, 2.05) is 0 Å². The fraction of sp³-hybridized carbons (Fsp3) is 0.357. The normalized spacial score (nSPS) is 11.7. The number of hydrogen-bond acceptors (Lipinski definition) is 3. The van der Waals surface area contributed by atoms with Crippen LogP contribution in [0.1, 0.15) is 26.3 Å². The van der Waals surface area contributed by atoms with Crippen molar-refractivity contribution in [2.45, 2.75) is 26.4 Å². The second-order valence-corrected chi connectivity index (χ2v) is 5.18. The van der Waals surface area contributed by atoms with E-state index in [0.29, 0.717) is 0 Å². The Hall–Kier alpha value is -2.11. The van der Waals surface area contributed by atoms with Crippen LogP contribution in [0.3, 0.4) is 0 Å².